The summed E-state index contributed by atoms with van der Waals surface area (Å²) >= 11 is 6.40. The normalized spacial score (nSPS) is 14.2. The zero-order chi connectivity index (χ0) is 14.7. The zero-order valence-electron chi connectivity index (χ0n) is 12.2. The van der Waals surface area contributed by atoms with Gasteiger partial charge in [0, 0.05) is 49.3 Å². The van der Waals surface area contributed by atoms with E-state index in [9.17, 15) is 0 Å². The molecule has 1 heterocycles. The number of nitrogens with one attached hydrogen (secondary N) is 1. The third-order valence-corrected chi connectivity index (χ3v) is 4.16. The maximum absolute atomic E-state index is 6.40. The van der Waals surface area contributed by atoms with E-state index in [2.05, 4.69) is 34.4 Å². The molecule has 1 saturated carbocycles. The van der Waals surface area contributed by atoms with Crippen molar-refractivity contribution in [2.75, 3.05) is 11.9 Å². The summed E-state index contributed by atoms with van der Waals surface area (Å²) in [4.78, 5) is 6.24. The van der Waals surface area contributed by atoms with Gasteiger partial charge in [0.05, 0.1) is 0 Å². The SMILES string of the molecule is CN(Cc1ccncc1)c1ccc(CNC2CC2)c(Cl)c1. The lowest BCUT2D eigenvalue weighted by atomic mass is 10.1. The summed E-state index contributed by atoms with van der Waals surface area (Å²) in [5.74, 6) is 0. The van der Waals surface area contributed by atoms with E-state index in [0.29, 0.717) is 6.04 Å². The van der Waals surface area contributed by atoms with Gasteiger partial charge in [0.25, 0.3) is 0 Å². The van der Waals surface area contributed by atoms with E-state index in [4.69, 9.17) is 11.6 Å². The van der Waals surface area contributed by atoms with Gasteiger partial charge in [-0.2, -0.15) is 0 Å². The number of pyridine rings is 1. The molecule has 3 rings (SSSR count). The van der Waals surface area contributed by atoms with Gasteiger partial charge in [0.15, 0.2) is 0 Å². The standard InChI is InChI=1S/C17H20ClN3/c1-21(12-13-6-8-19-9-7-13)16-5-2-14(17(18)10-16)11-20-15-3-4-15/h2,5-10,15,20H,3-4,11-12H2,1H3. The highest BCUT2D eigenvalue weighted by Crippen LogP contribution is 2.25. The highest BCUT2D eigenvalue weighted by molar-refractivity contribution is 6.31. The number of hydrogen-bond acceptors (Lipinski definition) is 3. The fraction of sp³-hybridized carbons (Fsp3) is 0.353. The van der Waals surface area contributed by atoms with Crippen LogP contribution in [0.25, 0.3) is 0 Å². The van der Waals surface area contributed by atoms with Crippen molar-refractivity contribution in [3.63, 3.8) is 0 Å². The fourth-order valence-electron chi connectivity index (χ4n) is 2.31. The number of benzene rings is 1. The average molecular weight is 302 g/mol. The minimum Gasteiger partial charge on any atom is -0.370 e. The smallest absolute Gasteiger partial charge is 0.0471 e. The second-order valence-corrected chi connectivity index (χ2v) is 6.05. The van der Waals surface area contributed by atoms with Crippen molar-refractivity contribution in [1.82, 2.24) is 10.3 Å². The highest BCUT2D eigenvalue weighted by atomic mass is 35.5. The van der Waals surface area contributed by atoms with Crippen LogP contribution in [0.2, 0.25) is 5.02 Å². The van der Waals surface area contributed by atoms with Crippen molar-refractivity contribution >= 4 is 17.3 Å². The molecule has 0 unspecified atom stereocenters. The number of aromatic nitrogens is 1. The van der Waals surface area contributed by atoms with Crippen molar-refractivity contribution in [2.45, 2.75) is 32.0 Å². The largest absolute Gasteiger partial charge is 0.370 e. The lowest BCUT2D eigenvalue weighted by Gasteiger charge is -2.20. The summed E-state index contributed by atoms with van der Waals surface area (Å²) in [6, 6.07) is 11.1. The second-order valence-electron chi connectivity index (χ2n) is 5.64. The molecule has 0 radical (unpaired) electrons. The lowest BCUT2D eigenvalue weighted by molar-refractivity contribution is 0.688. The number of halogens is 1. The molecule has 1 fully saturated rings. The summed E-state index contributed by atoms with van der Waals surface area (Å²) in [6.45, 7) is 1.70. The number of anilines is 1. The molecule has 4 heteroatoms. The van der Waals surface area contributed by atoms with Crippen LogP contribution >= 0.6 is 11.6 Å². The van der Waals surface area contributed by atoms with E-state index in [1.807, 2.05) is 30.6 Å². The Morgan fingerprint density at radius 1 is 1.24 bits per heavy atom. The van der Waals surface area contributed by atoms with E-state index in [0.717, 1.165) is 23.8 Å². The first-order chi connectivity index (χ1) is 10.2. The summed E-state index contributed by atoms with van der Waals surface area (Å²) < 4.78 is 0. The van der Waals surface area contributed by atoms with Gasteiger partial charge in [-0.1, -0.05) is 17.7 Å². The quantitative estimate of drug-likeness (QED) is 0.883. The van der Waals surface area contributed by atoms with Crippen molar-refractivity contribution in [2.24, 2.45) is 0 Å². The van der Waals surface area contributed by atoms with Crippen LogP contribution in [0, 0.1) is 0 Å². The summed E-state index contributed by atoms with van der Waals surface area (Å²) in [5, 5.41) is 4.33. The molecule has 3 nitrogen and oxygen atoms in total. The van der Waals surface area contributed by atoms with Gasteiger partial charge in [-0.25, -0.2) is 0 Å². The third kappa shape index (κ3) is 3.96. The molecule has 0 spiro atoms. The van der Waals surface area contributed by atoms with E-state index < -0.39 is 0 Å². The third-order valence-electron chi connectivity index (χ3n) is 3.81. The van der Waals surface area contributed by atoms with Crippen molar-refractivity contribution in [1.29, 1.82) is 0 Å². The molecule has 0 atom stereocenters. The number of rotatable bonds is 6. The summed E-state index contributed by atoms with van der Waals surface area (Å²) in [7, 11) is 2.08. The number of hydrogen-bond donors (Lipinski definition) is 1. The van der Waals surface area contributed by atoms with Gasteiger partial charge in [0.2, 0.25) is 0 Å². The minimum atomic E-state index is 0.704. The van der Waals surface area contributed by atoms with E-state index in [1.54, 1.807) is 0 Å². The molecule has 1 aliphatic rings. The van der Waals surface area contributed by atoms with Gasteiger partial charge in [-0.05, 0) is 48.2 Å². The maximum Gasteiger partial charge on any atom is 0.0471 e. The Bertz CT molecular complexity index is 596. The van der Waals surface area contributed by atoms with E-state index in [1.165, 1.54) is 24.0 Å². The first-order valence-electron chi connectivity index (χ1n) is 7.34. The van der Waals surface area contributed by atoms with Crippen LogP contribution in [0.15, 0.2) is 42.7 Å². The predicted octanol–water partition coefficient (Wildman–Crippen LogP) is 3.62. The Labute approximate surface area is 131 Å². The molecule has 1 N–H and O–H groups in total. The highest BCUT2D eigenvalue weighted by Gasteiger charge is 2.20. The monoisotopic (exact) mass is 301 g/mol. The first kappa shape index (κ1) is 14.4. The van der Waals surface area contributed by atoms with E-state index in [-0.39, 0.29) is 0 Å². The molecule has 110 valence electrons. The van der Waals surface area contributed by atoms with Gasteiger partial charge < -0.3 is 10.2 Å². The molecule has 2 aromatic rings. The van der Waals surface area contributed by atoms with E-state index >= 15 is 0 Å². The topological polar surface area (TPSA) is 28.2 Å². The molecule has 1 aromatic carbocycles. The summed E-state index contributed by atoms with van der Waals surface area (Å²) in [6.07, 6.45) is 6.24. The van der Waals surface area contributed by atoms with Gasteiger partial charge in [-0.15, -0.1) is 0 Å². The molecule has 1 aliphatic carbocycles. The molecular formula is C17H20ClN3. The Kier molecular flexibility index (Phi) is 4.42. The fourth-order valence-corrected chi connectivity index (χ4v) is 2.55. The Morgan fingerprint density at radius 3 is 2.67 bits per heavy atom. The average Bonchev–Trinajstić information content (AvgIpc) is 3.31. The molecule has 21 heavy (non-hydrogen) atoms. The summed E-state index contributed by atoms with van der Waals surface area (Å²) in [5.41, 5.74) is 3.54. The lowest BCUT2D eigenvalue weighted by Crippen LogP contribution is -2.18. The first-order valence-corrected chi connectivity index (χ1v) is 7.72. The van der Waals surface area contributed by atoms with Crippen LogP contribution in [-0.2, 0) is 13.1 Å². The maximum atomic E-state index is 6.40. The molecule has 0 saturated heterocycles. The Morgan fingerprint density at radius 2 is 2.00 bits per heavy atom. The minimum absolute atomic E-state index is 0.704. The molecule has 0 aliphatic heterocycles. The molecular weight excluding hydrogens is 282 g/mol. The molecule has 0 amide bonds. The second kappa shape index (κ2) is 6.46. The molecule has 0 bridgehead atoms. The Hall–Kier alpha value is -1.58. The van der Waals surface area contributed by atoms with Gasteiger partial charge >= 0.3 is 0 Å². The Balaban J connectivity index is 1.65. The zero-order valence-corrected chi connectivity index (χ0v) is 13.0. The van der Waals surface area contributed by atoms with Gasteiger partial charge in [-0.3, -0.25) is 4.98 Å². The van der Waals surface area contributed by atoms with Crippen LogP contribution in [0.4, 0.5) is 5.69 Å². The van der Waals surface area contributed by atoms with Crippen LogP contribution in [-0.4, -0.2) is 18.1 Å². The van der Waals surface area contributed by atoms with Crippen LogP contribution < -0.4 is 10.2 Å². The van der Waals surface area contributed by atoms with Crippen molar-refractivity contribution in [3.05, 3.63) is 58.9 Å². The van der Waals surface area contributed by atoms with Crippen molar-refractivity contribution < 1.29 is 0 Å². The van der Waals surface area contributed by atoms with Crippen LogP contribution in [0.3, 0.4) is 0 Å². The molecule has 1 aromatic heterocycles. The predicted molar refractivity (Wildman–Crippen MR) is 87.7 cm³/mol. The van der Waals surface area contributed by atoms with Gasteiger partial charge in [0.1, 0.15) is 0 Å². The number of nitrogens with zero attached hydrogens (tertiary/aromatic N) is 2. The van der Waals surface area contributed by atoms with Crippen LogP contribution in [0.1, 0.15) is 24.0 Å². The van der Waals surface area contributed by atoms with Crippen LogP contribution in [0.5, 0.6) is 0 Å². The van der Waals surface area contributed by atoms with Crippen molar-refractivity contribution in [3.8, 4) is 0 Å².